The molecular weight excluding hydrogens is 228 g/mol. The number of carboxylic acids is 1. The van der Waals surface area contributed by atoms with Gasteiger partial charge in [0.1, 0.15) is 11.6 Å². The maximum Gasteiger partial charge on any atom is 0.322 e. The van der Waals surface area contributed by atoms with Gasteiger partial charge >= 0.3 is 5.97 Å². The molecule has 0 radical (unpaired) electrons. The van der Waals surface area contributed by atoms with Gasteiger partial charge in [-0.15, -0.1) is 0 Å². The van der Waals surface area contributed by atoms with Gasteiger partial charge in [0, 0.05) is 0 Å². The maximum atomic E-state index is 9.65. The van der Waals surface area contributed by atoms with Crippen molar-refractivity contribution >= 4 is 23.1 Å². The molecule has 0 fully saturated rings. The van der Waals surface area contributed by atoms with Crippen molar-refractivity contribution in [1.29, 1.82) is 0 Å². The summed E-state index contributed by atoms with van der Waals surface area (Å²) in [5, 5.41) is 15.9. The summed E-state index contributed by atoms with van der Waals surface area (Å²) in [7, 11) is 0. The molecule has 1 atom stereocenters. The van der Waals surface area contributed by atoms with Crippen molar-refractivity contribution in [3.8, 4) is 0 Å². The number of carboxylic acid groups (broad SMARTS) is 1. The first-order valence-corrected chi connectivity index (χ1v) is 4.55. The SMILES string of the molecule is NC(CO)C(=O)O.Nc1ncc2[nH]cnc2n1. The van der Waals surface area contributed by atoms with E-state index in [4.69, 9.17) is 21.7 Å². The molecule has 0 aliphatic heterocycles. The third-order valence-electron chi connectivity index (χ3n) is 1.71. The average Bonchev–Trinajstić information content (AvgIpc) is 2.75. The van der Waals surface area contributed by atoms with Crippen molar-refractivity contribution in [2.45, 2.75) is 6.04 Å². The Bertz CT molecular complexity index is 499. The molecule has 0 saturated heterocycles. The number of aliphatic carboxylic acids is 1. The van der Waals surface area contributed by atoms with Gasteiger partial charge in [-0.3, -0.25) is 4.79 Å². The van der Waals surface area contributed by atoms with Crippen molar-refractivity contribution in [2.75, 3.05) is 12.3 Å². The molecule has 7 N–H and O–H groups in total. The molecule has 2 aromatic heterocycles. The number of nitrogens with two attached hydrogens (primary N) is 2. The molecule has 92 valence electrons. The molecule has 0 aliphatic carbocycles. The number of hydrogen-bond acceptors (Lipinski definition) is 7. The summed E-state index contributed by atoms with van der Waals surface area (Å²) in [6.07, 6.45) is 3.16. The Hall–Kier alpha value is -2.26. The van der Waals surface area contributed by atoms with Gasteiger partial charge in [-0.1, -0.05) is 0 Å². The minimum Gasteiger partial charge on any atom is -0.480 e. The Kier molecular flexibility index (Phi) is 4.31. The minimum atomic E-state index is -1.18. The Morgan fingerprint density at radius 2 is 2.24 bits per heavy atom. The van der Waals surface area contributed by atoms with E-state index in [-0.39, 0.29) is 5.95 Å². The smallest absolute Gasteiger partial charge is 0.322 e. The number of aromatic amines is 1. The number of nitrogen functional groups attached to an aromatic ring is 1. The van der Waals surface area contributed by atoms with Crippen molar-refractivity contribution in [2.24, 2.45) is 5.73 Å². The Labute approximate surface area is 95.5 Å². The highest BCUT2D eigenvalue weighted by Gasteiger charge is 2.07. The average molecular weight is 240 g/mol. The molecule has 2 heterocycles. The Balaban J connectivity index is 0.000000185. The summed E-state index contributed by atoms with van der Waals surface area (Å²) in [4.78, 5) is 24.0. The van der Waals surface area contributed by atoms with Crippen LogP contribution >= 0.6 is 0 Å². The second-order valence-corrected chi connectivity index (χ2v) is 3.00. The third kappa shape index (κ3) is 3.66. The lowest BCUT2D eigenvalue weighted by molar-refractivity contribution is -0.139. The number of fused-ring (bicyclic) bond motifs is 1. The van der Waals surface area contributed by atoms with Crippen LogP contribution in [0.3, 0.4) is 0 Å². The number of nitrogens with one attached hydrogen (secondary N) is 1. The van der Waals surface area contributed by atoms with Crippen LogP contribution in [0.1, 0.15) is 0 Å². The first-order chi connectivity index (χ1) is 8.04. The molecular formula is C8H12N6O3. The van der Waals surface area contributed by atoms with Crippen LogP contribution < -0.4 is 11.5 Å². The van der Waals surface area contributed by atoms with E-state index in [9.17, 15) is 4.79 Å². The number of hydrogen-bond donors (Lipinski definition) is 5. The quantitative estimate of drug-likeness (QED) is 0.415. The van der Waals surface area contributed by atoms with Crippen molar-refractivity contribution < 1.29 is 15.0 Å². The fourth-order valence-corrected chi connectivity index (χ4v) is 0.827. The number of aliphatic hydroxyl groups is 1. The van der Waals surface area contributed by atoms with Gasteiger partial charge in [0.2, 0.25) is 5.95 Å². The molecule has 9 nitrogen and oxygen atoms in total. The summed E-state index contributed by atoms with van der Waals surface area (Å²) in [5.41, 5.74) is 11.5. The van der Waals surface area contributed by atoms with Gasteiger partial charge in [-0.25, -0.2) is 9.97 Å². The predicted octanol–water partition coefficient (Wildman–Crippen LogP) is -1.67. The number of aromatic nitrogens is 4. The maximum absolute atomic E-state index is 9.65. The van der Waals surface area contributed by atoms with Crippen LogP contribution in [0.15, 0.2) is 12.5 Å². The standard InChI is InChI=1S/C5H5N5.C3H7NO3/c6-5-7-1-3-4(10-5)9-2-8-3;4-2(1-5)3(6)7/h1-2H,(H3,6,7,8,9,10);2,5H,1,4H2,(H,6,7). The number of carbonyl (C=O) groups is 1. The predicted molar refractivity (Wildman–Crippen MR) is 58.8 cm³/mol. The number of imidazole rings is 1. The molecule has 9 heteroatoms. The summed E-state index contributed by atoms with van der Waals surface area (Å²) < 4.78 is 0. The van der Waals surface area contributed by atoms with Crippen molar-refractivity contribution in [1.82, 2.24) is 19.9 Å². The highest BCUT2D eigenvalue weighted by molar-refractivity contribution is 5.73. The van der Waals surface area contributed by atoms with Gasteiger partial charge in [-0.05, 0) is 0 Å². The number of rotatable bonds is 2. The monoisotopic (exact) mass is 240 g/mol. The molecule has 0 saturated carbocycles. The van der Waals surface area contributed by atoms with Crippen LogP contribution in [0.4, 0.5) is 5.95 Å². The first kappa shape index (κ1) is 12.8. The van der Waals surface area contributed by atoms with E-state index in [2.05, 4.69) is 19.9 Å². The summed E-state index contributed by atoms with van der Waals surface area (Å²) in [6.45, 7) is -0.505. The lowest BCUT2D eigenvalue weighted by Gasteiger charge is -1.96. The zero-order valence-corrected chi connectivity index (χ0v) is 8.74. The molecule has 2 rings (SSSR count). The summed E-state index contributed by atoms with van der Waals surface area (Å²) in [6, 6.07) is -1.13. The number of nitrogens with zero attached hydrogens (tertiary/aromatic N) is 3. The van der Waals surface area contributed by atoms with Crippen LogP contribution in [0, 0.1) is 0 Å². The molecule has 0 bridgehead atoms. The Morgan fingerprint density at radius 1 is 1.53 bits per heavy atom. The summed E-state index contributed by atoms with van der Waals surface area (Å²) in [5.74, 6) is -0.929. The molecule has 0 amide bonds. The first-order valence-electron chi connectivity index (χ1n) is 4.55. The summed E-state index contributed by atoms with van der Waals surface area (Å²) >= 11 is 0. The van der Waals surface area contributed by atoms with Gasteiger partial charge in [0.05, 0.1) is 19.1 Å². The normalized spacial score (nSPS) is 11.6. The van der Waals surface area contributed by atoms with E-state index < -0.39 is 18.6 Å². The number of anilines is 1. The topological polar surface area (TPSA) is 164 Å². The third-order valence-corrected chi connectivity index (χ3v) is 1.71. The van der Waals surface area contributed by atoms with E-state index in [1.54, 1.807) is 12.5 Å². The van der Waals surface area contributed by atoms with Crippen LogP contribution in [0.2, 0.25) is 0 Å². The lowest BCUT2D eigenvalue weighted by atomic mass is 10.3. The zero-order chi connectivity index (χ0) is 12.8. The van der Waals surface area contributed by atoms with Crippen LogP contribution in [0.5, 0.6) is 0 Å². The van der Waals surface area contributed by atoms with E-state index >= 15 is 0 Å². The number of aliphatic hydroxyl groups excluding tert-OH is 1. The molecule has 2 aromatic rings. The highest BCUT2D eigenvalue weighted by atomic mass is 16.4. The molecule has 0 aromatic carbocycles. The molecule has 17 heavy (non-hydrogen) atoms. The second-order valence-electron chi connectivity index (χ2n) is 3.00. The fourth-order valence-electron chi connectivity index (χ4n) is 0.827. The van der Waals surface area contributed by atoms with Crippen LogP contribution in [-0.4, -0.2) is 48.8 Å². The van der Waals surface area contributed by atoms with Crippen LogP contribution in [-0.2, 0) is 4.79 Å². The number of H-pyrrole nitrogens is 1. The van der Waals surface area contributed by atoms with Crippen molar-refractivity contribution in [3.63, 3.8) is 0 Å². The van der Waals surface area contributed by atoms with E-state index in [1.807, 2.05) is 0 Å². The van der Waals surface area contributed by atoms with Gasteiger partial charge in [-0.2, -0.15) is 4.98 Å². The van der Waals surface area contributed by atoms with E-state index in [0.717, 1.165) is 5.52 Å². The highest BCUT2D eigenvalue weighted by Crippen LogP contribution is 2.03. The largest absolute Gasteiger partial charge is 0.480 e. The lowest BCUT2D eigenvalue weighted by Crippen LogP contribution is -2.33. The van der Waals surface area contributed by atoms with Crippen molar-refractivity contribution in [3.05, 3.63) is 12.5 Å². The molecule has 0 aliphatic rings. The van der Waals surface area contributed by atoms with Crippen LogP contribution in [0.25, 0.3) is 11.2 Å². The van der Waals surface area contributed by atoms with Gasteiger partial charge in [0.25, 0.3) is 0 Å². The molecule has 0 spiro atoms. The van der Waals surface area contributed by atoms with E-state index in [1.165, 1.54) is 0 Å². The fraction of sp³-hybridized carbons (Fsp3) is 0.250. The zero-order valence-electron chi connectivity index (χ0n) is 8.74. The second kappa shape index (κ2) is 5.72. The van der Waals surface area contributed by atoms with Gasteiger partial charge in [0.15, 0.2) is 5.65 Å². The molecule has 1 unspecified atom stereocenters. The Morgan fingerprint density at radius 3 is 2.76 bits per heavy atom. The van der Waals surface area contributed by atoms with Gasteiger partial charge < -0.3 is 26.7 Å². The van der Waals surface area contributed by atoms with E-state index in [0.29, 0.717) is 5.65 Å². The minimum absolute atomic E-state index is 0.250.